The molecule has 13 heavy (non-hydrogen) atoms. The second-order valence-corrected chi connectivity index (χ2v) is 2.76. The average Bonchev–Trinajstić information content (AvgIpc) is 2.07. The zero-order valence-electron chi connectivity index (χ0n) is 7.68. The summed E-state index contributed by atoms with van der Waals surface area (Å²) in [5.74, 6) is 0.160. The van der Waals surface area contributed by atoms with Crippen molar-refractivity contribution in [2.75, 3.05) is 12.1 Å². The van der Waals surface area contributed by atoms with Crippen molar-refractivity contribution >= 4 is 5.82 Å². The van der Waals surface area contributed by atoms with E-state index in [1.807, 2.05) is 0 Å². The Morgan fingerprint density at radius 2 is 1.85 bits per heavy atom. The molecule has 0 radical (unpaired) electrons. The van der Waals surface area contributed by atoms with E-state index in [-0.39, 0.29) is 5.82 Å². The lowest BCUT2D eigenvalue weighted by molar-refractivity contribution is 0.271. The summed E-state index contributed by atoms with van der Waals surface area (Å²) in [5.41, 5.74) is -0.914. The molecule has 0 aliphatic rings. The van der Waals surface area contributed by atoms with Crippen LogP contribution in [0, 0.1) is 0 Å². The van der Waals surface area contributed by atoms with Crippen LogP contribution >= 0.6 is 0 Å². The molecule has 72 valence electrons. The molecule has 1 N–H and O–H groups in total. The molecule has 0 amide bonds. The molecule has 0 bridgehead atoms. The Morgan fingerprint density at radius 3 is 2.31 bits per heavy atom. The first kappa shape index (κ1) is 9.53. The minimum absolute atomic E-state index is 0.160. The van der Waals surface area contributed by atoms with Crippen LogP contribution < -0.4 is 16.3 Å². The zero-order chi connectivity index (χ0) is 10.2. The van der Waals surface area contributed by atoms with Crippen LogP contribution in [0.2, 0.25) is 0 Å². The second kappa shape index (κ2) is 3.06. The van der Waals surface area contributed by atoms with Crippen molar-refractivity contribution < 1.29 is 5.21 Å². The second-order valence-electron chi connectivity index (χ2n) is 2.76. The minimum atomic E-state index is -0.469. The van der Waals surface area contributed by atoms with Gasteiger partial charge < -0.3 is 0 Å². The van der Waals surface area contributed by atoms with E-state index in [0.717, 1.165) is 9.63 Å². The summed E-state index contributed by atoms with van der Waals surface area (Å²) in [6.45, 7) is 0. The lowest BCUT2D eigenvalue weighted by Crippen LogP contribution is -2.38. The van der Waals surface area contributed by atoms with E-state index < -0.39 is 11.2 Å². The van der Waals surface area contributed by atoms with Crippen LogP contribution in [0.3, 0.4) is 0 Å². The van der Waals surface area contributed by atoms with Gasteiger partial charge in [0, 0.05) is 27.2 Å². The number of rotatable bonds is 1. The van der Waals surface area contributed by atoms with Gasteiger partial charge >= 0.3 is 5.69 Å². The first-order valence-electron chi connectivity index (χ1n) is 3.65. The predicted octanol–water partition coefficient (Wildman–Crippen LogP) is -1.09. The van der Waals surface area contributed by atoms with Crippen molar-refractivity contribution in [1.82, 2.24) is 9.13 Å². The van der Waals surface area contributed by atoms with Crippen molar-refractivity contribution in [3.63, 3.8) is 0 Å². The molecule has 0 fully saturated rings. The fraction of sp³-hybridized carbons (Fsp3) is 0.429. The maximum atomic E-state index is 11.3. The van der Waals surface area contributed by atoms with Crippen LogP contribution in [-0.4, -0.2) is 21.4 Å². The number of aromatic nitrogens is 2. The van der Waals surface area contributed by atoms with Crippen molar-refractivity contribution in [3.8, 4) is 0 Å². The third-order valence-electron chi connectivity index (χ3n) is 1.83. The molecule has 0 aliphatic heterocycles. The Balaban J connectivity index is 3.60. The Morgan fingerprint density at radius 1 is 1.31 bits per heavy atom. The topological polar surface area (TPSA) is 67.5 Å². The van der Waals surface area contributed by atoms with Gasteiger partial charge in [-0.25, -0.2) is 9.86 Å². The molecule has 0 atom stereocenters. The summed E-state index contributed by atoms with van der Waals surface area (Å²) in [6.07, 6.45) is 0. The van der Waals surface area contributed by atoms with Crippen LogP contribution in [-0.2, 0) is 14.1 Å². The maximum Gasteiger partial charge on any atom is 0.332 e. The van der Waals surface area contributed by atoms with E-state index in [1.54, 1.807) is 0 Å². The highest BCUT2D eigenvalue weighted by Crippen LogP contribution is 2.01. The number of hydroxylamine groups is 1. The summed E-state index contributed by atoms with van der Waals surface area (Å²) in [4.78, 5) is 22.4. The van der Waals surface area contributed by atoms with E-state index in [0.29, 0.717) is 0 Å². The van der Waals surface area contributed by atoms with Crippen molar-refractivity contribution in [3.05, 3.63) is 26.9 Å². The van der Waals surface area contributed by atoms with Gasteiger partial charge in [-0.3, -0.25) is 19.1 Å². The van der Waals surface area contributed by atoms with Crippen LogP contribution in [0.4, 0.5) is 5.82 Å². The summed E-state index contributed by atoms with van der Waals surface area (Å²) in [6, 6.07) is 1.18. The van der Waals surface area contributed by atoms with E-state index in [1.165, 1.54) is 31.8 Å². The molecule has 1 heterocycles. The molecular weight excluding hydrogens is 174 g/mol. The van der Waals surface area contributed by atoms with Gasteiger partial charge in [0.15, 0.2) is 0 Å². The van der Waals surface area contributed by atoms with Crippen molar-refractivity contribution in [1.29, 1.82) is 0 Å². The summed E-state index contributed by atoms with van der Waals surface area (Å²) < 4.78 is 2.15. The molecule has 0 saturated heterocycles. The Bertz CT molecular complexity index is 430. The Labute approximate surface area is 74.2 Å². The first-order chi connectivity index (χ1) is 5.95. The van der Waals surface area contributed by atoms with E-state index >= 15 is 0 Å². The SMILES string of the molecule is CN(O)c1cc(=O)n(C)c(=O)n1C. The fourth-order valence-corrected chi connectivity index (χ4v) is 1.03. The quantitative estimate of drug-likeness (QED) is 0.564. The number of hydrogen-bond acceptors (Lipinski definition) is 4. The Kier molecular flexibility index (Phi) is 2.24. The average molecular weight is 185 g/mol. The number of anilines is 1. The molecule has 1 aromatic rings. The van der Waals surface area contributed by atoms with Crippen molar-refractivity contribution in [2.45, 2.75) is 0 Å². The van der Waals surface area contributed by atoms with E-state index in [2.05, 4.69) is 0 Å². The minimum Gasteiger partial charge on any atom is -0.287 e. The van der Waals surface area contributed by atoms with Gasteiger partial charge in [0.2, 0.25) is 0 Å². The van der Waals surface area contributed by atoms with Crippen molar-refractivity contribution in [2.24, 2.45) is 14.1 Å². The molecule has 1 rings (SSSR count). The highest BCUT2D eigenvalue weighted by atomic mass is 16.5. The highest BCUT2D eigenvalue weighted by molar-refractivity contribution is 5.32. The van der Waals surface area contributed by atoms with E-state index in [9.17, 15) is 9.59 Å². The molecule has 0 spiro atoms. The zero-order valence-corrected chi connectivity index (χ0v) is 7.68. The lowest BCUT2D eigenvalue weighted by atomic mass is 10.5. The number of nitrogens with zero attached hydrogens (tertiary/aromatic N) is 3. The van der Waals surface area contributed by atoms with Gasteiger partial charge in [-0.05, 0) is 0 Å². The van der Waals surface area contributed by atoms with Gasteiger partial charge in [0.1, 0.15) is 5.82 Å². The molecule has 0 aromatic carbocycles. The predicted molar refractivity (Wildman–Crippen MR) is 47.1 cm³/mol. The molecule has 0 unspecified atom stereocenters. The van der Waals surface area contributed by atoms with Gasteiger partial charge in [0.25, 0.3) is 5.56 Å². The molecular formula is C7H11N3O3. The monoisotopic (exact) mass is 185 g/mol. The van der Waals surface area contributed by atoms with Gasteiger partial charge in [0.05, 0.1) is 0 Å². The third-order valence-corrected chi connectivity index (χ3v) is 1.83. The van der Waals surface area contributed by atoms with Crippen LogP contribution in [0.1, 0.15) is 0 Å². The van der Waals surface area contributed by atoms with Gasteiger partial charge in [-0.2, -0.15) is 0 Å². The first-order valence-corrected chi connectivity index (χ1v) is 3.65. The molecule has 6 heteroatoms. The smallest absolute Gasteiger partial charge is 0.287 e. The van der Waals surface area contributed by atoms with E-state index in [4.69, 9.17) is 5.21 Å². The highest BCUT2D eigenvalue weighted by Gasteiger charge is 2.07. The van der Waals surface area contributed by atoms with Crippen LogP contribution in [0.5, 0.6) is 0 Å². The summed E-state index contributed by atoms with van der Waals surface area (Å²) >= 11 is 0. The fourth-order valence-electron chi connectivity index (χ4n) is 1.03. The summed E-state index contributed by atoms with van der Waals surface area (Å²) in [5, 5.41) is 9.79. The standard InChI is InChI=1S/C7H11N3O3/c1-8-5(10(3)13)4-6(11)9(2)7(8)12/h4,13H,1-3H3. The molecule has 0 saturated carbocycles. The third kappa shape index (κ3) is 1.48. The summed E-state index contributed by atoms with van der Waals surface area (Å²) in [7, 11) is 4.20. The van der Waals surface area contributed by atoms with Crippen LogP contribution in [0.25, 0.3) is 0 Å². The maximum absolute atomic E-state index is 11.3. The molecule has 0 aliphatic carbocycles. The van der Waals surface area contributed by atoms with Gasteiger partial charge in [-0.15, -0.1) is 0 Å². The van der Waals surface area contributed by atoms with Gasteiger partial charge in [-0.1, -0.05) is 0 Å². The molecule has 1 aromatic heterocycles. The normalized spacial score (nSPS) is 10.2. The molecule has 6 nitrogen and oxygen atoms in total. The lowest BCUT2D eigenvalue weighted by Gasteiger charge is -2.14. The Hall–Kier alpha value is -1.56. The number of hydrogen-bond donors (Lipinski definition) is 1. The van der Waals surface area contributed by atoms with Crippen LogP contribution in [0.15, 0.2) is 15.7 Å². The largest absolute Gasteiger partial charge is 0.332 e.